The molecule has 0 aromatic carbocycles. The Morgan fingerprint density at radius 3 is 2.47 bits per heavy atom. The van der Waals surface area contributed by atoms with Crippen LogP contribution < -0.4 is 0 Å². The summed E-state index contributed by atoms with van der Waals surface area (Å²) in [4.78, 5) is 29.8. The zero-order chi connectivity index (χ0) is 24.7. The van der Waals surface area contributed by atoms with Crippen molar-refractivity contribution in [3.05, 3.63) is 0 Å². The number of hydrogen-bond donors (Lipinski definition) is 0. The monoisotopic (exact) mass is 486 g/mol. The quantitative estimate of drug-likeness (QED) is 0.566. The molecule has 1 aliphatic carbocycles. The van der Waals surface area contributed by atoms with Gasteiger partial charge in [0.2, 0.25) is 12.3 Å². The van der Waals surface area contributed by atoms with Crippen LogP contribution in [0.5, 0.6) is 0 Å². The predicted molar refractivity (Wildman–Crippen MR) is 122 cm³/mol. The largest absolute Gasteiger partial charge is 0.444 e. The standard InChI is InChI=1S/C25H40F2N2O5/c1-24(2,3)34-23(31)29-14-18-10-19(29)13-28(18)22(30)25(12-21(26)27)7-5-16(11-25)9-17-6-8-33-15-20(17)32-4/h16-21H,5-15H2,1-4H3/t16-,17+,18-,19-,20+,25-/m0/s1. The lowest BCUT2D eigenvalue weighted by atomic mass is 9.78. The first-order valence-corrected chi connectivity index (χ1v) is 12.7. The molecule has 7 nitrogen and oxygen atoms in total. The first-order valence-electron chi connectivity index (χ1n) is 12.7. The fourth-order valence-electron chi connectivity index (χ4n) is 6.68. The highest BCUT2D eigenvalue weighted by Gasteiger charge is 2.55. The minimum absolute atomic E-state index is 0.0303. The summed E-state index contributed by atoms with van der Waals surface area (Å²) < 4.78 is 44.1. The number of hydrogen-bond acceptors (Lipinski definition) is 5. The molecule has 34 heavy (non-hydrogen) atoms. The molecular weight excluding hydrogens is 446 g/mol. The van der Waals surface area contributed by atoms with Crippen LogP contribution in [0.2, 0.25) is 0 Å². The Bertz CT molecular complexity index is 760. The number of methoxy groups -OCH3 is 1. The maximum atomic E-state index is 13.8. The van der Waals surface area contributed by atoms with E-state index in [1.165, 1.54) is 0 Å². The summed E-state index contributed by atoms with van der Waals surface area (Å²) in [5, 5.41) is 0. The zero-order valence-electron chi connectivity index (χ0n) is 20.9. The number of halogens is 2. The Morgan fingerprint density at radius 2 is 1.85 bits per heavy atom. The number of rotatable bonds is 6. The fraction of sp³-hybridized carbons (Fsp3) is 0.920. The molecule has 6 atom stereocenters. The molecule has 2 amide bonds. The van der Waals surface area contributed by atoms with E-state index in [0.717, 1.165) is 19.3 Å². The van der Waals surface area contributed by atoms with Gasteiger partial charge >= 0.3 is 6.09 Å². The molecule has 194 valence electrons. The summed E-state index contributed by atoms with van der Waals surface area (Å²) in [6, 6.07) is -0.221. The molecule has 0 N–H and O–H groups in total. The lowest BCUT2D eigenvalue weighted by Crippen LogP contribution is -2.55. The van der Waals surface area contributed by atoms with Gasteiger partial charge in [-0.15, -0.1) is 0 Å². The predicted octanol–water partition coefficient (Wildman–Crippen LogP) is 4.09. The van der Waals surface area contributed by atoms with E-state index in [-0.39, 0.29) is 42.5 Å². The summed E-state index contributed by atoms with van der Waals surface area (Å²) >= 11 is 0. The van der Waals surface area contributed by atoms with Gasteiger partial charge in [-0.05, 0) is 71.1 Å². The molecule has 3 aliphatic heterocycles. The number of likely N-dealkylation sites (tertiary alicyclic amines) is 2. The Hall–Kier alpha value is -1.48. The van der Waals surface area contributed by atoms with Gasteiger partial charge in [0.05, 0.1) is 30.2 Å². The summed E-state index contributed by atoms with van der Waals surface area (Å²) in [5.41, 5.74) is -1.59. The van der Waals surface area contributed by atoms with E-state index in [4.69, 9.17) is 14.2 Å². The number of amides is 2. The van der Waals surface area contributed by atoms with Gasteiger partial charge in [-0.1, -0.05) is 0 Å². The van der Waals surface area contributed by atoms with E-state index < -0.39 is 17.4 Å². The molecule has 9 heteroatoms. The Kier molecular flexibility index (Phi) is 7.44. The van der Waals surface area contributed by atoms with Crippen LogP contribution >= 0.6 is 0 Å². The number of carbonyl (C=O) groups is 2. The molecule has 0 spiro atoms. The number of fused-ring (bicyclic) bond motifs is 2. The third-order valence-corrected chi connectivity index (χ3v) is 8.22. The normalized spacial score (nSPS) is 35.9. The molecule has 4 aliphatic rings. The Morgan fingerprint density at radius 1 is 1.15 bits per heavy atom. The van der Waals surface area contributed by atoms with Crippen LogP contribution in [0, 0.1) is 17.3 Å². The van der Waals surface area contributed by atoms with Crippen LogP contribution in [-0.4, -0.2) is 85.4 Å². The lowest BCUT2D eigenvalue weighted by Gasteiger charge is -2.40. The molecular formula is C25H40F2N2O5. The second-order valence-corrected chi connectivity index (χ2v) is 11.8. The Balaban J connectivity index is 1.41. The molecule has 4 fully saturated rings. The number of ether oxygens (including phenoxy) is 3. The van der Waals surface area contributed by atoms with E-state index in [2.05, 4.69) is 0 Å². The van der Waals surface area contributed by atoms with E-state index in [1.54, 1.807) is 16.9 Å². The van der Waals surface area contributed by atoms with E-state index >= 15 is 0 Å². The topological polar surface area (TPSA) is 68.3 Å². The molecule has 2 bridgehead atoms. The van der Waals surface area contributed by atoms with Crippen molar-refractivity contribution in [2.45, 2.75) is 95.9 Å². The van der Waals surface area contributed by atoms with Gasteiger partial charge in [-0.25, -0.2) is 13.6 Å². The van der Waals surface area contributed by atoms with Gasteiger partial charge in [-0.3, -0.25) is 4.79 Å². The highest BCUT2D eigenvalue weighted by molar-refractivity contribution is 5.84. The van der Waals surface area contributed by atoms with Crippen LogP contribution in [0.3, 0.4) is 0 Å². The van der Waals surface area contributed by atoms with Crippen molar-refractivity contribution in [3.8, 4) is 0 Å². The minimum Gasteiger partial charge on any atom is -0.444 e. The molecule has 0 unspecified atom stereocenters. The summed E-state index contributed by atoms with van der Waals surface area (Å²) in [6.07, 6.45) is 1.05. The highest BCUT2D eigenvalue weighted by Crippen LogP contribution is 2.51. The van der Waals surface area contributed by atoms with E-state index in [9.17, 15) is 18.4 Å². The summed E-state index contributed by atoms with van der Waals surface area (Å²) in [6.45, 7) is 7.57. The van der Waals surface area contributed by atoms with Gasteiger partial charge in [0.1, 0.15) is 5.60 Å². The third kappa shape index (κ3) is 5.35. The van der Waals surface area contributed by atoms with Gasteiger partial charge in [0.15, 0.2) is 0 Å². The maximum Gasteiger partial charge on any atom is 0.410 e. The molecule has 0 aromatic rings. The van der Waals surface area contributed by atoms with Crippen molar-refractivity contribution in [2.24, 2.45) is 17.3 Å². The third-order valence-electron chi connectivity index (χ3n) is 8.22. The van der Waals surface area contributed by atoms with Crippen molar-refractivity contribution < 1.29 is 32.6 Å². The SMILES string of the molecule is CO[C@@H]1COCC[C@@H]1C[C@@H]1CC[C@](CC(F)F)(C(=O)N2C[C@@H]3C[C@H]2CN3C(=O)OC(C)(C)C)C1. The highest BCUT2D eigenvalue weighted by atomic mass is 19.3. The van der Waals surface area contributed by atoms with Crippen molar-refractivity contribution in [1.29, 1.82) is 0 Å². The Labute approximate surface area is 201 Å². The summed E-state index contributed by atoms with van der Waals surface area (Å²) in [7, 11) is 1.69. The number of alkyl halides is 2. The van der Waals surface area contributed by atoms with Crippen LogP contribution in [0.25, 0.3) is 0 Å². The van der Waals surface area contributed by atoms with E-state index in [1.807, 2.05) is 20.8 Å². The number of nitrogens with zero attached hydrogens (tertiary/aromatic N) is 2. The molecule has 3 saturated heterocycles. The number of piperazine rings is 1. The smallest absolute Gasteiger partial charge is 0.410 e. The van der Waals surface area contributed by atoms with Crippen LogP contribution in [0.1, 0.15) is 65.7 Å². The van der Waals surface area contributed by atoms with Crippen LogP contribution in [-0.2, 0) is 19.0 Å². The van der Waals surface area contributed by atoms with Gasteiger partial charge in [0.25, 0.3) is 0 Å². The maximum absolute atomic E-state index is 13.8. The summed E-state index contributed by atoms with van der Waals surface area (Å²) in [5.74, 6) is 0.440. The number of carbonyl (C=O) groups excluding carboxylic acids is 2. The first kappa shape index (κ1) is 25.6. The van der Waals surface area contributed by atoms with Gasteiger partial charge < -0.3 is 24.0 Å². The average Bonchev–Trinajstić information content (AvgIpc) is 3.47. The van der Waals surface area contributed by atoms with Crippen molar-refractivity contribution in [2.75, 3.05) is 33.4 Å². The first-order chi connectivity index (χ1) is 16.0. The second-order valence-electron chi connectivity index (χ2n) is 11.8. The van der Waals surface area contributed by atoms with Crippen LogP contribution in [0.15, 0.2) is 0 Å². The minimum atomic E-state index is -2.52. The average molecular weight is 487 g/mol. The molecule has 0 radical (unpaired) electrons. The van der Waals surface area contributed by atoms with Gasteiger partial charge in [-0.2, -0.15) is 0 Å². The van der Waals surface area contributed by atoms with Crippen molar-refractivity contribution in [3.63, 3.8) is 0 Å². The lowest BCUT2D eigenvalue weighted by molar-refractivity contribution is -0.147. The van der Waals surface area contributed by atoms with Crippen molar-refractivity contribution in [1.82, 2.24) is 9.80 Å². The molecule has 4 rings (SSSR count). The molecule has 3 heterocycles. The molecule has 0 aromatic heterocycles. The fourth-order valence-corrected chi connectivity index (χ4v) is 6.68. The van der Waals surface area contributed by atoms with Gasteiger partial charge in [0, 0.05) is 33.2 Å². The van der Waals surface area contributed by atoms with E-state index in [0.29, 0.717) is 51.5 Å². The van der Waals surface area contributed by atoms with Crippen molar-refractivity contribution >= 4 is 12.0 Å². The zero-order valence-corrected chi connectivity index (χ0v) is 20.9. The molecule has 1 saturated carbocycles. The van der Waals surface area contributed by atoms with Crippen LogP contribution in [0.4, 0.5) is 13.6 Å². The second kappa shape index (κ2) is 9.88.